The molecular formula is C13H9ClF2OS. The molecule has 1 aromatic carbocycles. The van der Waals surface area contributed by atoms with E-state index in [1.54, 1.807) is 13.0 Å². The van der Waals surface area contributed by atoms with Gasteiger partial charge in [-0.05, 0) is 30.7 Å². The van der Waals surface area contributed by atoms with E-state index in [0.29, 0.717) is 9.21 Å². The van der Waals surface area contributed by atoms with E-state index in [0.717, 1.165) is 29.0 Å². The van der Waals surface area contributed by atoms with E-state index in [1.165, 1.54) is 6.07 Å². The Labute approximate surface area is 112 Å². The van der Waals surface area contributed by atoms with Crippen molar-refractivity contribution in [2.75, 3.05) is 0 Å². The molecule has 5 heteroatoms. The normalized spacial score (nSPS) is 10.7. The van der Waals surface area contributed by atoms with Crippen LogP contribution in [0.3, 0.4) is 0 Å². The van der Waals surface area contributed by atoms with Crippen LogP contribution in [0.1, 0.15) is 20.8 Å². The summed E-state index contributed by atoms with van der Waals surface area (Å²) in [5.41, 5.74) is 0.587. The van der Waals surface area contributed by atoms with Crippen molar-refractivity contribution in [1.29, 1.82) is 0 Å². The summed E-state index contributed by atoms with van der Waals surface area (Å²) in [7, 11) is 0. The van der Waals surface area contributed by atoms with Crippen molar-refractivity contribution in [3.8, 4) is 0 Å². The Morgan fingerprint density at radius 3 is 2.44 bits per heavy atom. The van der Waals surface area contributed by atoms with Gasteiger partial charge in [0.15, 0.2) is 5.78 Å². The van der Waals surface area contributed by atoms with E-state index in [-0.39, 0.29) is 17.8 Å². The highest BCUT2D eigenvalue weighted by Gasteiger charge is 2.16. The molecule has 0 saturated heterocycles. The van der Waals surface area contributed by atoms with Crippen LogP contribution in [0.25, 0.3) is 0 Å². The molecule has 0 unspecified atom stereocenters. The lowest BCUT2D eigenvalue weighted by atomic mass is 10.1. The van der Waals surface area contributed by atoms with E-state index in [9.17, 15) is 13.6 Å². The van der Waals surface area contributed by atoms with Gasteiger partial charge in [-0.2, -0.15) is 0 Å². The summed E-state index contributed by atoms with van der Waals surface area (Å²) < 4.78 is 27.3. The molecule has 0 aliphatic rings. The predicted octanol–water partition coefficient (Wildman–Crippen LogP) is 4.41. The maximum atomic E-state index is 13.4. The molecule has 0 aliphatic carbocycles. The zero-order valence-electron chi connectivity index (χ0n) is 9.47. The molecule has 2 aromatic rings. The van der Waals surface area contributed by atoms with Crippen molar-refractivity contribution in [2.24, 2.45) is 0 Å². The Morgan fingerprint density at radius 1 is 1.33 bits per heavy atom. The Balaban J connectivity index is 2.27. The van der Waals surface area contributed by atoms with Crippen LogP contribution in [-0.4, -0.2) is 5.78 Å². The summed E-state index contributed by atoms with van der Waals surface area (Å²) in [6.07, 6.45) is -0.297. The van der Waals surface area contributed by atoms with Crippen LogP contribution in [0.2, 0.25) is 4.34 Å². The van der Waals surface area contributed by atoms with Crippen LogP contribution < -0.4 is 0 Å². The van der Waals surface area contributed by atoms with Crippen LogP contribution in [0.15, 0.2) is 24.3 Å². The van der Waals surface area contributed by atoms with E-state index in [2.05, 4.69) is 0 Å². The fraction of sp³-hybridized carbons (Fsp3) is 0.154. The number of hydrogen-bond acceptors (Lipinski definition) is 2. The molecule has 0 atom stereocenters. The standard InChI is InChI=1S/C13H9ClF2OS/c1-7-5-12(18-13(7)14)11(17)6-8-9(15)3-2-4-10(8)16/h2-5H,6H2,1H3. The quantitative estimate of drug-likeness (QED) is 0.764. The van der Waals surface area contributed by atoms with Crippen molar-refractivity contribution >= 4 is 28.7 Å². The van der Waals surface area contributed by atoms with Gasteiger partial charge in [0.2, 0.25) is 0 Å². The van der Waals surface area contributed by atoms with Crippen molar-refractivity contribution in [3.63, 3.8) is 0 Å². The van der Waals surface area contributed by atoms with Gasteiger partial charge in [-0.25, -0.2) is 8.78 Å². The molecule has 2 rings (SSSR count). The molecule has 0 spiro atoms. The molecule has 0 N–H and O–H groups in total. The van der Waals surface area contributed by atoms with E-state index >= 15 is 0 Å². The molecule has 1 aromatic heterocycles. The first-order valence-electron chi connectivity index (χ1n) is 5.21. The summed E-state index contributed by atoms with van der Waals surface area (Å²) >= 11 is 6.98. The van der Waals surface area contributed by atoms with Crippen molar-refractivity contribution in [2.45, 2.75) is 13.3 Å². The van der Waals surface area contributed by atoms with E-state index in [4.69, 9.17) is 11.6 Å². The first kappa shape index (κ1) is 13.2. The van der Waals surface area contributed by atoms with E-state index < -0.39 is 11.6 Å². The lowest BCUT2D eigenvalue weighted by molar-refractivity contribution is 0.0994. The summed E-state index contributed by atoms with van der Waals surface area (Å²) in [5, 5.41) is 0. The highest BCUT2D eigenvalue weighted by Crippen LogP contribution is 2.28. The lowest BCUT2D eigenvalue weighted by Crippen LogP contribution is -2.05. The highest BCUT2D eigenvalue weighted by molar-refractivity contribution is 7.18. The number of carbonyl (C=O) groups excluding carboxylic acids is 1. The van der Waals surface area contributed by atoms with Crippen molar-refractivity contribution in [3.05, 3.63) is 56.2 Å². The summed E-state index contributed by atoms with van der Waals surface area (Å²) in [6.45, 7) is 1.78. The van der Waals surface area contributed by atoms with Crippen LogP contribution in [0.4, 0.5) is 8.78 Å². The maximum Gasteiger partial charge on any atom is 0.177 e. The second kappa shape index (κ2) is 5.16. The Bertz CT molecular complexity index is 567. The average Bonchev–Trinajstić information content (AvgIpc) is 2.64. The van der Waals surface area contributed by atoms with Gasteiger partial charge in [0.1, 0.15) is 11.6 Å². The minimum absolute atomic E-state index is 0.204. The van der Waals surface area contributed by atoms with Crippen LogP contribution >= 0.6 is 22.9 Å². The summed E-state index contributed by atoms with van der Waals surface area (Å²) in [6, 6.07) is 5.18. The number of Topliss-reactive ketones (excluding diaryl/α,β-unsaturated/α-hetero) is 1. The van der Waals surface area contributed by atoms with Gasteiger partial charge in [-0.1, -0.05) is 17.7 Å². The number of carbonyl (C=O) groups is 1. The third-order valence-corrected chi connectivity index (χ3v) is 4.13. The SMILES string of the molecule is Cc1cc(C(=O)Cc2c(F)cccc2F)sc1Cl. The minimum Gasteiger partial charge on any atom is -0.293 e. The first-order chi connectivity index (χ1) is 8.49. The topological polar surface area (TPSA) is 17.1 Å². The average molecular weight is 287 g/mol. The summed E-state index contributed by atoms with van der Waals surface area (Å²) in [4.78, 5) is 12.3. The Kier molecular flexibility index (Phi) is 3.78. The zero-order chi connectivity index (χ0) is 13.3. The molecule has 0 aliphatic heterocycles. The maximum absolute atomic E-state index is 13.4. The molecule has 0 saturated carbocycles. The molecule has 0 radical (unpaired) electrons. The molecule has 0 bridgehead atoms. The van der Waals surface area contributed by atoms with E-state index in [1.807, 2.05) is 0 Å². The van der Waals surface area contributed by atoms with Crippen LogP contribution in [0, 0.1) is 18.6 Å². The third-order valence-electron chi connectivity index (χ3n) is 2.53. The van der Waals surface area contributed by atoms with Gasteiger partial charge >= 0.3 is 0 Å². The molecular weight excluding hydrogens is 278 g/mol. The molecule has 94 valence electrons. The molecule has 0 amide bonds. The van der Waals surface area contributed by atoms with Crippen molar-refractivity contribution in [1.82, 2.24) is 0 Å². The smallest absolute Gasteiger partial charge is 0.177 e. The molecule has 0 fully saturated rings. The second-order valence-electron chi connectivity index (χ2n) is 3.87. The number of rotatable bonds is 3. The lowest BCUT2D eigenvalue weighted by Gasteiger charge is -2.02. The Hall–Kier alpha value is -1.26. The van der Waals surface area contributed by atoms with Crippen LogP contribution in [-0.2, 0) is 6.42 Å². The monoisotopic (exact) mass is 286 g/mol. The molecule has 1 nitrogen and oxygen atoms in total. The van der Waals surface area contributed by atoms with Gasteiger partial charge in [-0.15, -0.1) is 11.3 Å². The highest BCUT2D eigenvalue weighted by atomic mass is 35.5. The number of aryl methyl sites for hydroxylation is 1. The number of halogens is 3. The van der Waals surface area contributed by atoms with Gasteiger partial charge in [0.05, 0.1) is 9.21 Å². The third kappa shape index (κ3) is 2.60. The number of thiophene rings is 1. The number of ketones is 1. The fourth-order valence-electron chi connectivity index (χ4n) is 1.55. The fourth-order valence-corrected chi connectivity index (χ4v) is 2.68. The summed E-state index contributed by atoms with van der Waals surface area (Å²) in [5.74, 6) is -1.75. The Morgan fingerprint density at radius 2 is 1.94 bits per heavy atom. The first-order valence-corrected chi connectivity index (χ1v) is 6.40. The van der Waals surface area contributed by atoms with Gasteiger partial charge in [-0.3, -0.25) is 4.79 Å². The number of benzene rings is 1. The van der Waals surface area contributed by atoms with Crippen molar-refractivity contribution < 1.29 is 13.6 Å². The van der Waals surface area contributed by atoms with Gasteiger partial charge < -0.3 is 0 Å². The zero-order valence-corrected chi connectivity index (χ0v) is 11.0. The molecule has 18 heavy (non-hydrogen) atoms. The minimum atomic E-state index is -0.706. The predicted molar refractivity (Wildman–Crippen MR) is 68.5 cm³/mol. The molecule has 1 heterocycles. The van der Waals surface area contributed by atoms with Crippen LogP contribution in [0.5, 0.6) is 0 Å². The van der Waals surface area contributed by atoms with Gasteiger partial charge in [0, 0.05) is 12.0 Å². The van der Waals surface area contributed by atoms with Gasteiger partial charge in [0.25, 0.3) is 0 Å². The second-order valence-corrected chi connectivity index (χ2v) is 5.52. The largest absolute Gasteiger partial charge is 0.293 e. The number of hydrogen-bond donors (Lipinski definition) is 0.